The first-order valence-electron chi connectivity index (χ1n) is 10.3. The van der Waals surface area contributed by atoms with Crippen LogP contribution in [-0.2, 0) is 9.53 Å². The van der Waals surface area contributed by atoms with Crippen molar-refractivity contribution in [2.75, 3.05) is 37.6 Å². The monoisotopic (exact) mass is 401 g/mol. The van der Waals surface area contributed by atoms with Gasteiger partial charge in [-0.2, -0.15) is 0 Å². The Hall–Kier alpha value is -2.57. The van der Waals surface area contributed by atoms with E-state index in [0.717, 1.165) is 25.2 Å². The van der Waals surface area contributed by atoms with Crippen LogP contribution in [0.3, 0.4) is 0 Å². The molecule has 0 unspecified atom stereocenters. The Balaban J connectivity index is 1.58. The summed E-state index contributed by atoms with van der Waals surface area (Å²) >= 11 is 0. The number of carbonyl (C=O) groups excluding carboxylic acids is 3. The zero-order valence-electron chi connectivity index (χ0n) is 17.8. The number of likely N-dealkylation sites (tertiary alicyclic amines) is 1. The lowest BCUT2D eigenvalue weighted by Gasteiger charge is -2.38. The van der Waals surface area contributed by atoms with Crippen LogP contribution in [0.2, 0.25) is 0 Å². The Kier molecular flexibility index (Phi) is 6.15. The fourth-order valence-corrected chi connectivity index (χ4v) is 3.87. The van der Waals surface area contributed by atoms with Crippen LogP contribution in [0.25, 0.3) is 0 Å². The highest BCUT2D eigenvalue weighted by Gasteiger charge is 2.39. The minimum absolute atomic E-state index is 0.0138. The number of benzene rings is 1. The number of carbonyl (C=O) groups is 3. The van der Waals surface area contributed by atoms with Gasteiger partial charge < -0.3 is 14.5 Å². The van der Waals surface area contributed by atoms with E-state index in [0.29, 0.717) is 31.6 Å². The summed E-state index contributed by atoms with van der Waals surface area (Å²) in [7, 11) is 0. The van der Waals surface area contributed by atoms with Crippen molar-refractivity contribution in [1.29, 1.82) is 0 Å². The molecule has 0 bridgehead atoms. The van der Waals surface area contributed by atoms with Gasteiger partial charge in [0.1, 0.15) is 11.6 Å². The number of amides is 2. The highest BCUT2D eigenvalue weighted by Crippen LogP contribution is 2.24. The van der Waals surface area contributed by atoms with Gasteiger partial charge in [-0.3, -0.25) is 14.5 Å². The van der Waals surface area contributed by atoms with E-state index in [-0.39, 0.29) is 11.7 Å². The number of Topliss-reactive ketones (excluding diaryl/α,β-unsaturated/α-hetero) is 1. The molecule has 2 saturated heterocycles. The molecule has 7 heteroatoms. The number of rotatable bonds is 3. The largest absolute Gasteiger partial charge is 0.444 e. The molecule has 1 aromatic carbocycles. The van der Waals surface area contributed by atoms with Crippen molar-refractivity contribution < 1.29 is 19.1 Å². The maximum atomic E-state index is 13.1. The van der Waals surface area contributed by atoms with Crippen LogP contribution < -0.4 is 4.90 Å². The summed E-state index contributed by atoms with van der Waals surface area (Å²) in [5, 5.41) is 0. The zero-order chi connectivity index (χ0) is 21.2. The van der Waals surface area contributed by atoms with E-state index in [1.807, 2.05) is 49.9 Å². The first-order valence-corrected chi connectivity index (χ1v) is 10.3. The van der Waals surface area contributed by atoms with Crippen LogP contribution in [0.15, 0.2) is 24.3 Å². The molecule has 2 amide bonds. The molecule has 2 aliphatic heterocycles. The molecular formula is C22H31N3O4. The molecule has 0 saturated carbocycles. The molecule has 0 spiro atoms. The predicted molar refractivity (Wildman–Crippen MR) is 111 cm³/mol. The number of ketones is 1. The predicted octanol–water partition coefficient (Wildman–Crippen LogP) is 2.94. The van der Waals surface area contributed by atoms with E-state index in [1.54, 1.807) is 11.8 Å². The summed E-state index contributed by atoms with van der Waals surface area (Å²) in [6, 6.07) is 7.16. The average Bonchev–Trinajstić information content (AvgIpc) is 3.16. The smallest absolute Gasteiger partial charge is 0.410 e. The molecule has 7 nitrogen and oxygen atoms in total. The number of nitrogens with zero attached hydrogens (tertiary/aromatic N) is 3. The van der Waals surface area contributed by atoms with E-state index in [1.165, 1.54) is 0 Å². The molecule has 0 aromatic heterocycles. The van der Waals surface area contributed by atoms with Gasteiger partial charge in [-0.15, -0.1) is 0 Å². The number of piperazine rings is 1. The number of anilines is 1. The number of ether oxygens (including phenoxy) is 1. The molecule has 2 heterocycles. The minimum Gasteiger partial charge on any atom is -0.444 e. The topological polar surface area (TPSA) is 70.2 Å². The quantitative estimate of drug-likeness (QED) is 0.729. The second-order valence-corrected chi connectivity index (χ2v) is 8.75. The van der Waals surface area contributed by atoms with Crippen molar-refractivity contribution in [3.05, 3.63) is 29.8 Å². The maximum Gasteiger partial charge on any atom is 0.410 e. The Bertz CT molecular complexity index is 761. The number of hydrogen-bond donors (Lipinski definition) is 0. The van der Waals surface area contributed by atoms with Crippen LogP contribution in [0.4, 0.5) is 10.5 Å². The van der Waals surface area contributed by atoms with Gasteiger partial charge in [-0.25, -0.2) is 4.79 Å². The minimum atomic E-state index is -0.573. The molecule has 2 fully saturated rings. The molecule has 0 N–H and O–H groups in total. The van der Waals surface area contributed by atoms with Crippen LogP contribution in [0, 0.1) is 0 Å². The van der Waals surface area contributed by atoms with Crippen molar-refractivity contribution in [3.63, 3.8) is 0 Å². The summed E-state index contributed by atoms with van der Waals surface area (Å²) in [6.07, 6.45) is 1.10. The van der Waals surface area contributed by atoms with Crippen molar-refractivity contribution >= 4 is 23.5 Å². The Labute approximate surface area is 172 Å². The summed E-state index contributed by atoms with van der Waals surface area (Å²) < 4.78 is 5.47. The normalized spacial score (nSPS) is 20.0. The molecule has 0 aliphatic carbocycles. The van der Waals surface area contributed by atoms with Crippen LogP contribution in [0.1, 0.15) is 50.9 Å². The third-order valence-corrected chi connectivity index (χ3v) is 5.40. The average molecular weight is 402 g/mol. The third-order valence-electron chi connectivity index (χ3n) is 5.40. The molecule has 3 rings (SSSR count). The van der Waals surface area contributed by atoms with Gasteiger partial charge in [0.15, 0.2) is 5.78 Å². The Morgan fingerprint density at radius 2 is 1.59 bits per heavy atom. The van der Waals surface area contributed by atoms with Crippen molar-refractivity contribution in [3.8, 4) is 0 Å². The lowest BCUT2D eigenvalue weighted by Crippen LogP contribution is -2.54. The van der Waals surface area contributed by atoms with Crippen molar-refractivity contribution in [2.24, 2.45) is 0 Å². The first kappa shape index (κ1) is 21.1. The molecule has 29 heavy (non-hydrogen) atoms. The highest BCUT2D eigenvalue weighted by molar-refractivity contribution is 5.94. The zero-order valence-corrected chi connectivity index (χ0v) is 17.8. The van der Waals surface area contributed by atoms with Gasteiger partial charge in [0.25, 0.3) is 0 Å². The molecular weight excluding hydrogens is 370 g/mol. The second-order valence-electron chi connectivity index (χ2n) is 8.75. The highest BCUT2D eigenvalue weighted by atomic mass is 16.6. The van der Waals surface area contributed by atoms with Crippen LogP contribution >= 0.6 is 0 Å². The van der Waals surface area contributed by atoms with Gasteiger partial charge >= 0.3 is 6.09 Å². The lowest BCUT2D eigenvalue weighted by atomic mass is 10.1. The van der Waals surface area contributed by atoms with Crippen LogP contribution in [0.5, 0.6) is 0 Å². The van der Waals surface area contributed by atoms with E-state index in [4.69, 9.17) is 4.74 Å². The Morgan fingerprint density at radius 3 is 2.14 bits per heavy atom. The third kappa shape index (κ3) is 5.08. The van der Waals surface area contributed by atoms with Crippen molar-refractivity contribution in [2.45, 2.75) is 52.2 Å². The molecule has 158 valence electrons. The maximum absolute atomic E-state index is 13.1. The van der Waals surface area contributed by atoms with E-state index in [9.17, 15) is 14.4 Å². The number of hydrogen-bond acceptors (Lipinski definition) is 5. The SMILES string of the molecule is CC(=O)c1ccc(N2CCN(C(=O)[C@@H]3CCCN3C(=O)OC(C)(C)C)CC2)cc1. The second kappa shape index (κ2) is 8.43. The molecule has 0 radical (unpaired) electrons. The molecule has 2 aliphatic rings. The first-order chi connectivity index (χ1) is 13.7. The van der Waals surface area contributed by atoms with E-state index >= 15 is 0 Å². The van der Waals surface area contributed by atoms with Gasteiger partial charge in [0.05, 0.1) is 0 Å². The van der Waals surface area contributed by atoms with Gasteiger partial charge in [-0.05, 0) is 64.8 Å². The fourth-order valence-electron chi connectivity index (χ4n) is 3.87. The molecule has 1 atom stereocenters. The summed E-state index contributed by atoms with van der Waals surface area (Å²) in [4.78, 5) is 42.6. The summed E-state index contributed by atoms with van der Waals surface area (Å²) in [5.74, 6) is 0.0676. The fraction of sp³-hybridized carbons (Fsp3) is 0.591. The van der Waals surface area contributed by atoms with Gasteiger partial charge in [0.2, 0.25) is 5.91 Å². The van der Waals surface area contributed by atoms with Crippen LogP contribution in [-0.4, -0.2) is 72.0 Å². The molecule has 1 aromatic rings. The van der Waals surface area contributed by atoms with Crippen molar-refractivity contribution in [1.82, 2.24) is 9.80 Å². The van der Waals surface area contributed by atoms with Gasteiger partial charge in [0, 0.05) is 44.0 Å². The Morgan fingerprint density at radius 1 is 0.966 bits per heavy atom. The van der Waals surface area contributed by atoms with Gasteiger partial charge in [-0.1, -0.05) is 0 Å². The summed E-state index contributed by atoms with van der Waals surface area (Å²) in [5.41, 5.74) is 1.18. The summed E-state index contributed by atoms with van der Waals surface area (Å²) in [6.45, 7) is 10.3. The standard InChI is InChI=1S/C22H31N3O4/c1-16(26)17-7-9-18(10-8-17)23-12-14-24(15-13-23)20(27)19-6-5-11-25(19)21(28)29-22(2,3)4/h7-10,19H,5-6,11-15H2,1-4H3/t19-/m0/s1. The van der Waals surface area contributed by atoms with E-state index < -0.39 is 17.7 Å². The lowest BCUT2D eigenvalue weighted by molar-refractivity contribution is -0.136. The van der Waals surface area contributed by atoms with E-state index in [2.05, 4.69) is 4.90 Å².